The molecule has 0 bridgehead atoms. The van der Waals surface area contributed by atoms with Crippen LogP contribution in [-0.2, 0) is 0 Å². The Morgan fingerprint density at radius 1 is 0.812 bits per heavy atom. The molecule has 16 heavy (non-hydrogen) atoms. The van der Waals surface area contributed by atoms with Crippen LogP contribution in [0.25, 0.3) is 0 Å². The first kappa shape index (κ1) is 12.2. The third-order valence-corrected chi connectivity index (χ3v) is 3.65. The van der Waals surface area contributed by atoms with Gasteiger partial charge in [-0.2, -0.15) is 0 Å². The average Bonchev–Trinajstić information content (AvgIpc) is 2.27. The van der Waals surface area contributed by atoms with E-state index in [9.17, 15) is 8.78 Å². The van der Waals surface area contributed by atoms with Crippen LogP contribution in [0.2, 0.25) is 0 Å². The molecule has 2 aliphatic rings. The molecule has 0 unspecified atom stereocenters. The van der Waals surface area contributed by atoms with Crippen LogP contribution in [0.5, 0.6) is 0 Å². The van der Waals surface area contributed by atoms with Crippen molar-refractivity contribution >= 4 is 0 Å². The predicted octanol–water partition coefficient (Wildman–Crippen LogP) is 2.20. The molecule has 0 aromatic carbocycles. The Kier molecular flexibility index (Phi) is 4.14. The van der Waals surface area contributed by atoms with E-state index in [1.165, 1.54) is 19.3 Å². The molecule has 0 N–H and O–H groups in total. The SMILES string of the molecule is FC1(F)CCCN(CCN2CCCCC2)C1. The number of piperidine rings is 2. The van der Waals surface area contributed by atoms with Crippen molar-refractivity contribution in [3.8, 4) is 0 Å². The van der Waals surface area contributed by atoms with Gasteiger partial charge in [0.25, 0.3) is 5.92 Å². The van der Waals surface area contributed by atoms with Crippen molar-refractivity contribution in [3.05, 3.63) is 0 Å². The molecule has 2 rings (SSSR count). The maximum Gasteiger partial charge on any atom is 0.260 e. The van der Waals surface area contributed by atoms with E-state index in [4.69, 9.17) is 0 Å². The molecule has 0 amide bonds. The van der Waals surface area contributed by atoms with Crippen LogP contribution in [0.4, 0.5) is 8.78 Å². The van der Waals surface area contributed by atoms with E-state index in [0.717, 1.165) is 32.7 Å². The normalized spacial score (nSPS) is 28.1. The second-order valence-corrected chi connectivity index (χ2v) is 5.14. The number of hydrogen-bond acceptors (Lipinski definition) is 2. The van der Waals surface area contributed by atoms with Crippen LogP contribution >= 0.6 is 0 Å². The minimum atomic E-state index is -2.44. The first-order valence-electron chi connectivity index (χ1n) is 6.48. The Labute approximate surface area is 96.6 Å². The van der Waals surface area contributed by atoms with Crippen LogP contribution < -0.4 is 0 Å². The zero-order valence-corrected chi connectivity index (χ0v) is 9.93. The number of alkyl halides is 2. The van der Waals surface area contributed by atoms with E-state index in [-0.39, 0.29) is 13.0 Å². The summed E-state index contributed by atoms with van der Waals surface area (Å²) in [7, 11) is 0. The summed E-state index contributed by atoms with van der Waals surface area (Å²) in [4.78, 5) is 4.34. The number of hydrogen-bond donors (Lipinski definition) is 0. The summed E-state index contributed by atoms with van der Waals surface area (Å²) in [6.45, 7) is 4.92. The third kappa shape index (κ3) is 3.67. The van der Waals surface area contributed by atoms with Gasteiger partial charge in [0.15, 0.2) is 0 Å². The quantitative estimate of drug-likeness (QED) is 0.736. The average molecular weight is 232 g/mol. The Morgan fingerprint density at radius 3 is 2.12 bits per heavy atom. The van der Waals surface area contributed by atoms with E-state index in [1.807, 2.05) is 4.90 Å². The van der Waals surface area contributed by atoms with Gasteiger partial charge in [-0.15, -0.1) is 0 Å². The van der Waals surface area contributed by atoms with Crippen LogP contribution in [0.15, 0.2) is 0 Å². The number of likely N-dealkylation sites (tertiary alicyclic amines) is 2. The van der Waals surface area contributed by atoms with E-state index >= 15 is 0 Å². The number of nitrogens with zero attached hydrogens (tertiary/aromatic N) is 2. The van der Waals surface area contributed by atoms with Crippen molar-refractivity contribution in [1.82, 2.24) is 9.80 Å². The summed E-state index contributed by atoms with van der Waals surface area (Å²) in [5.74, 6) is -2.44. The molecule has 2 nitrogen and oxygen atoms in total. The maximum absolute atomic E-state index is 13.2. The molecular weight excluding hydrogens is 210 g/mol. The lowest BCUT2D eigenvalue weighted by atomic mass is 10.1. The molecule has 0 aliphatic carbocycles. The van der Waals surface area contributed by atoms with Gasteiger partial charge in [-0.3, -0.25) is 4.90 Å². The second-order valence-electron chi connectivity index (χ2n) is 5.14. The largest absolute Gasteiger partial charge is 0.302 e. The summed E-state index contributed by atoms with van der Waals surface area (Å²) in [5, 5.41) is 0. The topological polar surface area (TPSA) is 6.48 Å². The van der Waals surface area contributed by atoms with E-state index in [2.05, 4.69) is 4.90 Å². The predicted molar refractivity (Wildman–Crippen MR) is 60.9 cm³/mol. The number of rotatable bonds is 3. The van der Waals surface area contributed by atoms with Gasteiger partial charge in [-0.25, -0.2) is 8.78 Å². The summed E-state index contributed by atoms with van der Waals surface area (Å²) < 4.78 is 26.3. The third-order valence-electron chi connectivity index (χ3n) is 3.65. The van der Waals surface area contributed by atoms with E-state index < -0.39 is 5.92 Å². The Bertz CT molecular complexity index is 215. The van der Waals surface area contributed by atoms with Crippen molar-refractivity contribution in [2.24, 2.45) is 0 Å². The molecule has 2 aliphatic heterocycles. The fourth-order valence-electron chi connectivity index (χ4n) is 2.70. The first-order valence-corrected chi connectivity index (χ1v) is 6.48. The molecule has 0 aromatic heterocycles. The second kappa shape index (κ2) is 5.41. The molecule has 0 spiro atoms. The summed E-state index contributed by atoms with van der Waals surface area (Å²) in [6.07, 6.45) is 4.60. The molecule has 0 saturated carbocycles. The zero-order chi connectivity index (χ0) is 11.4. The van der Waals surface area contributed by atoms with Gasteiger partial charge < -0.3 is 4.90 Å². The lowest BCUT2D eigenvalue weighted by Gasteiger charge is -2.34. The van der Waals surface area contributed by atoms with Gasteiger partial charge in [-0.1, -0.05) is 6.42 Å². The van der Waals surface area contributed by atoms with Crippen molar-refractivity contribution in [2.75, 3.05) is 39.3 Å². The highest BCUT2D eigenvalue weighted by atomic mass is 19.3. The van der Waals surface area contributed by atoms with Crippen molar-refractivity contribution in [3.63, 3.8) is 0 Å². The lowest BCUT2D eigenvalue weighted by Crippen LogP contribution is -2.46. The molecule has 2 fully saturated rings. The highest BCUT2D eigenvalue weighted by Crippen LogP contribution is 2.26. The van der Waals surface area contributed by atoms with Gasteiger partial charge in [0.2, 0.25) is 0 Å². The van der Waals surface area contributed by atoms with Gasteiger partial charge >= 0.3 is 0 Å². The minimum absolute atomic E-state index is 0.0269. The van der Waals surface area contributed by atoms with Gasteiger partial charge in [0.1, 0.15) is 0 Å². The molecule has 94 valence electrons. The van der Waals surface area contributed by atoms with Crippen LogP contribution in [-0.4, -0.2) is 55.0 Å². The van der Waals surface area contributed by atoms with Gasteiger partial charge in [0, 0.05) is 19.5 Å². The van der Waals surface area contributed by atoms with Crippen LogP contribution in [0.1, 0.15) is 32.1 Å². The van der Waals surface area contributed by atoms with Crippen LogP contribution in [0.3, 0.4) is 0 Å². The summed E-state index contributed by atoms with van der Waals surface area (Å²) >= 11 is 0. The molecule has 0 radical (unpaired) electrons. The summed E-state index contributed by atoms with van der Waals surface area (Å²) in [5.41, 5.74) is 0. The minimum Gasteiger partial charge on any atom is -0.302 e. The maximum atomic E-state index is 13.2. The fourth-order valence-corrected chi connectivity index (χ4v) is 2.70. The zero-order valence-electron chi connectivity index (χ0n) is 9.93. The van der Waals surface area contributed by atoms with E-state index in [0.29, 0.717) is 6.42 Å². The lowest BCUT2D eigenvalue weighted by molar-refractivity contribution is -0.0653. The fraction of sp³-hybridized carbons (Fsp3) is 1.00. The summed E-state index contributed by atoms with van der Waals surface area (Å²) in [6, 6.07) is 0. The first-order chi connectivity index (χ1) is 7.66. The van der Waals surface area contributed by atoms with Crippen molar-refractivity contribution in [1.29, 1.82) is 0 Å². The van der Waals surface area contributed by atoms with Gasteiger partial charge in [0.05, 0.1) is 6.54 Å². The molecule has 2 heterocycles. The smallest absolute Gasteiger partial charge is 0.260 e. The highest BCUT2D eigenvalue weighted by molar-refractivity contribution is 4.79. The number of halogens is 2. The molecule has 0 atom stereocenters. The Hall–Kier alpha value is -0.220. The Morgan fingerprint density at radius 2 is 1.44 bits per heavy atom. The highest BCUT2D eigenvalue weighted by Gasteiger charge is 2.34. The Balaban J connectivity index is 1.68. The molecule has 2 saturated heterocycles. The monoisotopic (exact) mass is 232 g/mol. The van der Waals surface area contributed by atoms with Crippen molar-refractivity contribution < 1.29 is 8.78 Å². The molecule has 0 aromatic rings. The van der Waals surface area contributed by atoms with Crippen LogP contribution in [0, 0.1) is 0 Å². The van der Waals surface area contributed by atoms with Gasteiger partial charge in [-0.05, 0) is 38.9 Å². The van der Waals surface area contributed by atoms with Crippen molar-refractivity contribution in [2.45, 2.75) is 38.0 Å². The van der Waals surface area contributed by atoms with E-state index in [1.54, 1.807) is 0 Å². The molecular formula is C12H22F2N2. The molecule has 4 heteroatoms. The standard InChI is InChI=1S/C12H22F2N2/c13-12(14)5-4-8-16(11-12)10-9-15-6-2-1-3-7-15/h1-11H2.